The fraction of sp³-hybridized carbons (Fsp3) is 0.136. The number of fused-ring (bicyclic) bond motifs is 2. The number of ether oxygens (including phenoxy) is 2. The highest BCUT2D eigenvalue weighted by Gasteiger charge is 2.36. The van der Waals surface area contributed by atoms with Crippen LogP contribution in [0.5, 0.6) is 11.5 Å². The molecule has 4 nitrogen and oxygen atoms in total. The van der Waals surface area contributed by atoms with Gasteiger partial charge in [0.1, 0.15) is 17.4 Å². The van der Waals surface area contributed by atoms with Crippen molar-refractivity contribution in [3.63, 3.8) is 0 Å². The van der Waals surface area contributed by atoms with Crippen LogP contribution in [0.15, 0.2) is 66.7 Å². The minimum Gasteiger partial charge on any atom is -0.465 e. The van der Waals surface area contributed by atoms with Crippen molar-refractivity contribution in [1.29, 1.82) is 0 Å². The fourth-order valence-electron chi connectivity index (χ4n) is 3.48. The molecule has 1 heterocycles. The summed E-state index contributed by atoms with van der Waals surface area (Å²) in [5.41, 5.74) is 10.2. The zero-order valence-corrected chi connectivity index (χ0v) is 14.4. The maximum atomic E-state index is 12.9. The third-order valence-corrected chi connectivity index (χ3v) is 4.56. The molecule has 0 amide bonds. The molecule has 0 aliphatic carbocycles. The monoisotopic (exact) mass is 345 g/mol. The average molecular weight is 345 g/mol. The zero-order chi connectivity index (χ0) is 18.1. The topological polar surface area (TPSA) is 61.5 Å². The van der Waals surface area contributed by atoms with E-state index < -0.39 is 5.92 Å². The molecule has 0 spiro atoms. The maximum Gasteiger partial charge on any atom is 0.318 e. The molecule has 4 rings (SSSR count). The van der Waals surface area contributed by atoms with E-state index in [9.17, 15) is 4.79 Å². The van der Waals surface area contributed by atoms with Gasteiger partial charge in [0, 0.05) is 22.4 Å². The van der Waals surface area contributed by atoms with E-state index in [1.807, 2.05) is 73.7 Å². The highest BCUT2D eigenvalue weighted by Crippen LogP contribution is 2.50. The highest BCUT2D eigenvalue weighted by atomic mass is 16.5. The van der Waals surface area contributed by atoms with Crippen LogP contribution in [-0.4, -0.2) is 12.6 Å². The lowest BCUT2D eigenvalue weighted by Gasteiger charge is -2.29. The SMILES string of the molecule is CCOC(=O)C1c2ccccc2Oc2ccc(N)c(-c3ccccc3)c21. The maximum absolute atomic E-state index is 12.9. The number of carbonyl (C=O) groups is 1. The molecule has 1 aliphatic heterocycles. The Bertz CT molecular complexity index is 966. The summed E-state index contributed by atoms with van der Waals surface area (Å²) in [6.07, 6.45) is 0. The van der Waals surface area contributed by atoms with Gasteiger partial charge in [0.05, 0.1) is 6.61 Å². The molecule has 2 N–H and O–H groups in total. The van der Waals surface area contributed by atoms with Gasteiger partial charge in [-0.05, 0) is 30.7 Å². The van der Waals surface area contributed by atoms with Gasteiger partial charge in [-0.3, -0.25) is 4.79 Å². The number of para-hydroxylation sites is 1. The Labute approximate surface area is 152 Å². The number of nitrogen functional groups attached to an aromatic ring is 1. The molecule has 0 bridgehead atoms. The Kier molecular flexibility index (Phi) is 4.09. The van der Waals surface area contributed by atoms with E-state index in [1.54, 1.807) is 0 Å². The van der Waals surface area contributed by atoms with Gasteiger partial charge in [0.2, 0.25) is 0 Å². The quantitative estimate of drug-likeness (QED) is 0.550. The van der Waals surface area contributed by atoms with Crippen molar-refractivity contribution in [3.05, 3.63) is 77.9 Å². The Morgan fingerprint density at radius 2 is 1.73 bits per heavy atom. The molecule has 0 fully saturated rings. The third-order valence-electron chi connectivity index (χ3n) is 4.56. The number of benzene rings is 3. The molecule has 3 aromatic rings. The van der Waals surface area contributed by atoms with Gasteiger partial charge < -0.3 is 15.2 Å². The van der Waals surface area contributed by atoms with Crippen molar-refractivity contribution in [1.82, 2.24) is 0 Å². The summed E-state index contributed by atoms with van der Waals surface area (Å²) in [4.78, 5) is 12.9. The number of nitrogens with two attached hydrogens (primary N) is 1. The summed E-state index contributed by atoms with van der Waals surface area (Å²) in [7, 11) is 0. The van der Waals surface area contributed by atoms with Gasteiger partial charge in [0.25, 0.3) is 0 Å². The van der Waals surface area contributed by atoms with E-state index in [-0.39, 0.29) is 5.97 Å². The van der Waals surface area contributed by atoms with Crippen molar-refractivity contribution in [2.75, 3.05) is 12.3 Å². The third kappa shape index (κ3) is 2.60. The Balaban J connectivity index is 2.00. The minimum absolute atomic E-state index is 0.299. The fourth-order valence-corrected chi connectivity index (χ4v) is 3.48. The predicted molar refractivity (Wildman–Crippen MR) is 101 cm³/mol. The lowest BCUT2D eigenvalue weighted by molar-refractivity contribution is -0.144. The van der Waals surface area contributed by atoms with E-state index >= 15 is 0 Å². The molecule has 1 atom stereocenters. The molecule has 0 aromatic heterocycles. The summed E-state index contributed by atoms with van der Waals surface area (Å²) in [5.74, 6) is 0.428. The molecule has 0 radical (unpaired) electrons. The van der Waals surface area contributed by atoms with Crippen molar-refractivity contribution in [3.8, 4) is 22.6 Å². The first-order chi connectivity index (χ1) is 12.7. The highest BCUT2D eigenvalue weighted by molar-refractivity contribution is 5.93. The van der Waals surface area contributed by atoms with E-state index in [0.29, 0.717) is 23.8 Å². The van der Waals surface area contributed by atoms with Crippen LogP contribution in [0.25, 0.3) is 11.1 Å². The van der Waals surface area contributed by atoms with Crippen LogP contribution in [-0.2, 0) is 9.53 Å². The average Bonchev–Trinajstić information content (AvgIpc) is 2.67. The Morgan fingerprint density at radius 3 is 2.50 bits per heavy atom. The molecule has 1 aliphatic rings. The summed E-state index contributed by atoms with van der Waals surface area (Å²) in [6.45, 7) is 2.12. The number of hydrogen-bond donors (Lipinski definition) is 1. The van der Waals surface area contributed by atoms with Gasteiger partial charge in [-0.25, -0.2) is 0 Å². The second-order valence-corrected chi connectivity index (χ2v) is 6.13. The van der Waals surface area contributed by atoms with E-state index in [1.165, 1.54) is 0 Å². The predicted octanol–water partition coefficient (Wildman–Crippen LogP) is 4.74. The summed E-state index contributed by atoms with van der Waals surface area (Å²) in [5, 5.41) is 0. The standard InChI is InChI=1S/C22H19NO3/c1-2-25-22(24)20-15-10-6-7-11-17(15)26-18-13-12-16(23)19(21(18)20)14-8-4-3-5-9-14/h3-13,20H,2,23H2,1H3. The van der Waals surface area contributed by atoms with Gasteiger partial charge >= 0.3 is 5.97 Å². The first-order valence-corrected chi connectivity index (χ1v) is 8.62. The lowest BCUT2D eigenvalue weighted by Crippen LogP contribution is -2.22. The summed E-state index contributed by atoms with van der Waals surface area (Å²) in [6, 6.07) is 21.0. The molecule has 26 heavy (non-hydrogen) atoms. The molecule has 1 unspecified atom stereocenters. The summed E-state index contributed by atoms with van der Waals surface area (Å²) < 4.78 is 11.5. The number of carbonyl (C=O) groups excluding carboxylic acids is 1. The first kappa shape index (κ1) is 16.2. The van der Waals surface area contributed by atoms with E-state index in [4.69, 9.17) is 15.2 Å². The number of hydrogen-bond acceptors (Lipinski definition) is 4. The second kappa shape index (κ2) is 6.56. The summed E-state index contributed by atoms with van der Waals surface area (Å²) >= 11 is 0. The van der Waals surface area contributed by atoms with Crippen LogP contribution < -0.4 is 10.5 Å². The number of rotatable bonds is 3. The van der Waals surface area contributed by atoms with Crippen LogP contribution in [0.1, 0.15) is 24.0 Å². The van der Waals surface area contributed by atoms with Crippen LogP contribution >= 0.6 is 0 Å². The van der Waals surface area contributed by atoms with Crippen LogP contribution in [0.2, 0.25) is 0 Å². The Morgan fingerprint density at radius 1 is 1.00 bits per heavy atom. The van der Waals surface area contributed by atoms with Gasteiger partial charge in [-0.2, -0.15) is 0 Å². The molecule has 3 aromatic carbocycles. The normalized spacial score (nSPS) is 14.7. The van der Waals surface area contributed by atoms with Crippen molar-refractivity contribution >= 4 is 11.7 Å². The molecule has 0 saturated heterocycles. The van der Waals surface area contributed by atoms with Crippen molar-refractivity contribution < 1.29 is 14.3 Å². The van der Waals surface area contributed by atoms with Crippen LogP contribution in [0.3, 0.4) is 0 Å². The first-order valence-electron chi connectivity index (χ1n) is 8.62. The molecule has 4 heteroatoms. The zero-order valence-electron chi connectivity index (χ0n) is 14.4. The van der Waals surface area contributed by atoms with Crippen molar-refractivity contribution in [2.45, 2.75) is 12.8 Å². The minimum atomic E-state index is -0.575. The second-order valence-electron chi connectivity index (χ2n) is 6.13. The lowest BCUT2D eigenvalue weighted by atomic mass is 9.82. The molecular formula is C22H19NO3. The largest absolute Gasteiger partial charge is 0.465 e. The number of esters is 1. The van der Waals surface area contributed by atoms with Gasteiger partial charge in [-0.1, -0.05) is 48.5 Å². The number of anilines is 1. The molecule has 130 valence electrons. The molecular weight excluding hydrogens is 326 g/mol. The molecule has 0 saturated carbocycles. The smallest absolute Gasteiger partial charge is 0.318 e. The van der Waals surface area contributed by atoms with Gasteiger partial charge in [0.15, 0.2) is 0 Å². The van der Waals surface area contributed by atoms with E-state index in [2.05, 4.69) is 0 Å². The van der Waals surface area contributed by atoms with Gasteiger partial charge in [-0.15, -0.1) is 0 Å². The van der Waals surface area contributed by atoms with E-state index in [0.717, 1.165) is 22.3 Å². The Hall–Kier alpha value is -3.27. The van der Waals surface area contributed by atoms with Crippen LogP contribution in [0, 0.1) is 0 Å². The van der Waals surface area contributed by atoms with Crippen LogP contribution in [0.4, 0.5) is 5.69 Å². The van der Waals surface area contributed by atoms with Crippen molar-refractivity contribution in [2.24, 2.45) is 0 Å².